The standard InChI is InChI=1S/C19H15N3/c1-14-7-2-4-10-16(14)18-13-22(21-20-18)19-12-6-9-15-8-3-5-11-17(15)19/h2-13H,1H3. The number of rotatable bonds is 2. The van der Waals surface area contributed by atoms with Crippen molar-refractivity contribution >= 4 is 10.8 Å². The number of benzene rings is 3. The lowest BCUT2D eigenvalue weighted by Gasteiger charge is -2.05. The molecule has 0 radical (unpaired) electrons. The van der Waals surface area contributed by atoms with Crippen molar-refractivity contribution in [3.63, 3.8) is 0 Å². The molecule has 3 nitrogen and oxygen atoms in total. The van der Waals surface area contributed by atoms with Crippen molar-refractivity contribution in [2.24, 2.45) is 0 Å². The summed E-state index contributed by atoms with van der Waals surface area (Å²) in [5.74, 6) is 0. The molecule has 1 heterocycles. The third-order valence-electron chi connectivity index (χ3n) is 3.93. The molecule has 3 aromatic carbocycles. The van der Waals surface area contributed by atoms with Crippen LogP contribution in [0.5, 0.6) is 0 Å². The molecule has 0 unspecified atom stereocenters. The summed E-state index contributed by atoms with van der Waals surface area (Å²) in [6.45, 7) is 2.09. The van der Waals surface area contributed by atoms with Gasteiger partial charge in [0, 0.05) is 10.9 Å². The number of hydrogen-bond donors (Lipinski definition) is 0. The van der Waals surface area contributed by atoms with E-state index in [-0.39, 0.29) is 0 Å². The summed E-state index contributed by atoms with van der Waals surface area (Å²) >= 11 is 0. The van der Waals surface area contributed by atoms with Crippen molar-refractivity contribution in [2.75, 3.05) is 0 Å². The molecule has 0 N–H and O–H groups in total. The van der Waals surface area contributed by atoms with Crippen molar-refractivity contribution < 1.29 is 0 Å². The summed E-state index contributed by atoms with van der Waals surface area (Å²) in [6.07, 6.45) is 1.99. The zero-order valence-corrected chi connectivity index (χ0v) is 12.3. The zero-order chi connectivity index (χ0) is 14.9. The van der Waals surface area contributed by atoms with Gasteiger partial charge < -0.3 is 0 Å². The van der Waals surface area contributed by atoms with Gasteiger partial charge in [0.15, 0.2) is 0 Å². The Morgan fingerprint density at radius 3 is 2.50 bits per heavy atom. The first-order chi connectivity index (χ1) is 10.8. The van der Waals surface area contributed by atoms with Crippen molar-refractivity contribution in [2.45, 2.75) is 6.92 Å². The van der Waals surface area contributed by atoms with Crippen LogP contribution in [0.4, 0.5) is 0 Å². The highest BCUT2D eigenvalue weighted by Crippen LogP contribution is 2.24. The van der Waals surface area contributed by atoms with Gasteiger partial charge >= 0.3 is 0 Å². The largest absolute Gasteiger partial charge is 0.219 e. The van der Waals surface area contributed by atoms with Gasteiger partial charge in [-0.1, -0.05) is 65.9 Å². The van der Waals surface area contributed by atoms with Crippen LogP contribution >= 0.6 is 0 Å². The number of hydrogen-bond acceptors (Lipinski definition) is 2. The minimum Gasteiger partial charge on any atom is -0.219 e. The van der Waals surface area contributed by atoms with Crippen molar-refractivity contribution in [3.8, 4) is 16.9 Å². The second-order valence-electron chi connectivity index (χ2n) is 5.36. The van der Waals surface area contributed by atoms with Gasteiger partial charge in [-0.25, -0.2) is 4.68 Å². The first-order valence-corrected chi connectivity index (χ1v) is 7.29. The van der Waals surface area contributed by atoms with E-state index in [0.29, 0.717) is 0 Å². The van der Waals surface area contributed by atoms with Gasteiger partial charge in [0.1, 0.15) is 5.69 Å². The van der Waals surface area contributed by atoms with Crippen LogP contribution < -0.4 is 0 Å². The Morgan fingerprint density at radius 2 is 1.59 bits per heavy atom. The summed E-state index contributed by atoms with van der Waals surface area (Å²) in [4.78, 5) is 0. The van der Waals surface area contributed by atoms with Crippen LogP contribution in [-0.2, 0) is 0 Å². The van der Waals surface area contributed by atoms with Crippen LogP contribution in [-0.4, -0.2) is 15.0 Å². The zero-order valence-electron chi connectivity index (χ0n) is 12.3. The maximum atomic E-state index is 4.34. The van der Waals surface area contributed by atoms with Gasteiger partial charge in [-0.15, -0.1) is 5.10 Å². The summed E-state index contributed by atoms with van der Waals surface area (Å²) in [7, 11) is 0. The molecular formula is C19H15N3. The molecule has 0 amide bonds. The van der Waals surface area contributed by atoms with Crippen molar-refractivity contribution in [1.82, 2.24) is 15.0 Å². The molecule has 1 aromatic heterocycles. The molecule has 0 saturated carbocycles. The molecule has 0 saturated heterocycles. The van der Waals surface area contributed by atoms with Crippen LogP contribution in [0.15, 0.2) is 72.9 Å². The van der Waals surface area contributed by atoms with Gasteiger partial charge in [-0.2, -0.15) is 0 Å². The highest BCUT2D eigenvalue weighted by molar-refractivity contribution is 5.90. The quantitative estimate of drug-likeness (QED) is 0.546. The average molecular weight is 285 g/mol. The lowest BCUT2D eigenvalue weighted by molar-refractivity contribution is 0.808. The number of nitrogens with zero attached hydrogens (tertiary/aromatic N) is 3. The van der Waals surface area contributed by atoms with E-state index >= 15 is 0 Å². The monoisotopic (exact) mass is 285 g/mol. The molecule has 4 aromatic rings. The van der Waals surface area contributed by atoms with E-state index in [2.05, 4.69) is 53.6 Å². The normalized spacial score (nSPS) is 11.0. The number of aromatic nitrogens is 3. The molecule has 0 bridgehead atoms. The molecule has 0 aliphatic heterocycles. The van der Waals surface area contributed by atoms with Crippen LogP contribution in [0.2, 0.25) is 0 Å². The molecule has 4 rings (SSSR count). The minimum absolute atomic E-state index is 0.894. The third kappa shape index (κ3) is 2.07. The van der Waals surface area contributed by atoms with Crippen LogP contribution in [0.3, 0.4) is 0 Å². The topological polar surface area (TPSA) is 30.7 Å². The Hall–Kier alpha value is -2.94. The highest BCUT2D eigenvalue weighted by atomic mass is 15.4. The Balaban J connectivity index is 1.86. The minimum atomic E-state index is 0.894. The second-order valence-corrected chi connectivity index (χ2v) is 5.36. The third-order valence-corrected chi connectivity index (χ3v) is 3.93. The van der Waals surface area contributed by atoms with E-state index in [1.54, 1.807) is 0 Å². The Morgan fingerprint density at radius 1 is 0.818 bits per heavy atom. The van der Waals surface area contributed by atoms with E-state index in [9.17, 15) is 0 Å². The van der Waals surface area contributed by atoms with Gasteiger partial charge in [0.05, 0.1) is 11.9 Å². The van der Waals surface area contributed by atoms with E-state index < -0.39 is 0 Å². The van der Waals surface area contributed by atoms with Crippen LogP contribution in [0.25, 0.3) is 27.7 Å². The summed E-state index contributed by atoms with van der Waals surface area (Å²) in [5, 5.41) is 11.0. The van der Waals surface area contributed by atoms with E-state index in [4.69, 9.17) is 0 Å². The number of aryl methyl sites for hydroxylation is 1. The van der Waals surface area contributed by atoms with E-state index in [0.717, 1.165) is 16.9 Å². The van der Waals surface area contributed by atoms with E-state index in [1.807, 2.05) is 41.2 Å². The SMILES string of the molecule is Cc1ccccc1-c1cn(-c2cccc3ccccc23)nn1. The smallest absolute Gasteiger partial charge is 0.113 e. The summed E-state index contributed by atoms with van der Waals surface area (Å²) < 4.78 is 1.85. The molecular weight excluding hydrogens is 270 g/mol. The molecule has 22 heavy (non-hydrogen) atoms. The van der Waals surface area contributed by atoms with Gasteiger partial charge in [-0.3, -0.25) is 0 Å². The van der Waals surface area contributed by atoms with Crippen molar-refractivity contribution in [3.05, 3.63) is 78.5 Å². The predicted octanol–water partition coefficient (Wildman–Crippen LogP) is 4.40. The highest BCUT2D eigenvalue weighted by Gasteiger charge is 2.09. The molecule has 0 atom stereocenters. The fraction of sp³-hybridized carbons (Fsp3) is 0.0526. The molecule has 0 spiro atoms. The lowest BCUT2D eigenvalue weighted by Crippen LogP contribution is -1.95. The average Bonchev–Trinajstić information content (AvgIpc) is 3.04. The molecule has 3 heteroatoms. The maximum absolute atomic E-state index is 4.34. The summed E-state index contributed by atoms with van der Waals surface area (Å²) in [5.41, 5.74) is 4.26. The summed E-state index contributed by atoms with van der Waals surface area (Å²) in [6, 6.07) is 22.8. The van der Waals surface area contributed by atoms with Crippen LogP contribution in [0.1, 0.15) is 5.56 Å². The predicted molar refractivity (Wildman–Crippen MR) is 89.0 cm³/mol. The Labute approximate surface area is 128 Å². The number of fused-ring (bicyclic) bond motifs is 1. The van der Waals surface area contributed by atoms with Gasteiger partial charge in [0.25, 0.3) is 0 Å². The Kier molecular flexibility index (Phi) is 2.97. The second kappa shape index (κ2) is 5.11. The molecule has 106 valence electrons. The lowest BCUT2D eigenvalue weighted by atomic mass is 10.1. The van der Waals surface area contributed by atoms with Crippen LogP contribution in [0, 0.1) is 6.92 Å². The first-order valence-electron chi connectivity index (χ1n) is 7.29. The Bertz CT molecular complexity index is 948. The molecule has 0 aliphatic rings. The van der Waals surface area contributed by atoms with Gasteiger partial charge in [0.2, 0.25) is 0 Å². The maximum Gasteiger partial charge on any atom is 0.113 e. The van der Waals surface area contributed by atoms with Crippen molar-refractivity contribution in [1.29, 1.82) is 0 Å². The fourth-order valence-electron chi connectivity index (χ4n) is 2.77. The van der Waals surface area contributed by atoms with Gasteiger partial charge in [-0.05, 0) is 23.9 Å². The molecule has 0 fully saturated rings. The van der Waals surface area contributed by atoms with E-state index in [1.165, 1.54) is 16.3 Å². The fourth-order valence-corrected chi connectivity index (χ4v) is 2.77. The first kappa shape index (κ1) is 12.8. The molecule has 0 aliphatic carbocycles.